The van der Waals surface area contributed by atoms with Crippen molar-refractivity contribution >= 4 is 11.4 Å². The van der Waals surface area contributed by atoms with Gasteiger partial charge in [-0.15, -0.1) is 0 Å². The molecule has 1 saturated carbocycles. The molecule has 1 fully saturated rings. The molecule has 1 aromatic rings. The first kappa shape index (κ1) is 13.8. The van der Waals surface area contributed by atoms with Crippen LogP contribution in [0.5, 0.6) is 0 Å². The summed E-state index contributed by atoms with van der Waals surface area (Å²) < 4.78 is 0. The smallest absolute Gasteiger partial charge is 0.269 e. The number of nitrogens with zero attached hydrogens (tertiary/aromatic N) is 1. The Kier molecular flexibility index (Phi) is 4.74. The number of nitro groups is 1. The lowest BCUT2D eigenvalue weighted by Crippen LogP contribution is -2.30. The Bertz CT molecular complexity index is 442. The maximum Gasteiger partial charge on any atom is 0.269 e. The lowest BCUT2D eigenvalue weighted by atomic mass is 9.95. The van der Waals surface area contributed by atoms with E-state index in [4.69, 9.17) is 0 Å². The monoisotopic (exact) mass is 263 g/mol. The van der Waals surface area contributed by atoms with Crippen molar-refractivity contribution in [2.24, 2.45) is 0 Å². The molecular weight excluding hydrogens is 242 g/mol. The van der Waals surface area contributed by atoms with Crippen LogP contribution in [0.4, 0.5) is 11.4 Å². The van der Waals surface area contributed by atoms with Gasteiger partial charge in [-0.1, -0.05) is 19.3 Å². The summed E-state index contributed by atoms with van der Waals surface area (Å²) in [6.07, 6.45) is 6.32. The highest BCUT2D eigenvalue weighted by Crippen LogP contribution is 2.23. The Hall–Kier alpha value is -1.62. The van der Waals surface area contributed by atoms with Crippen molar-refractivity contribution in [1.29, 1.82) is 0 Å². The molecule has 2 N–H and O–H groups in total. The molecule has 0 aliphatic heterocycles. The third-order valence-corrected chi connectivity index (χ3v) is 3.76. The zero-order chi connectivity index (χ0) is 13.7. The van der Waals surface area contributed by atoms with Crippen LogP contribution in [0.2, 0.25) is 0 Å². The number of non-ortho nitro benzene ring substituents is 1. The van der Waals surface area contributed by atoms with Crippen molar-refractivity contribution in [3.63, 3.8) is 0 Å². The molecule has 1 aliphatic carbocycles. The van der Waals surface area contributed by atoms with E-state index >= 15 is 0 Å². The van der Waals surface area contributed by atoms with Gasteiger partial charge in [-0.25, -0.2) is 0 Å². The molecule has 0 aromatic heterocycles. The summed E-state index contributed by atoms with van der Waals surface area (Å²) in [5.41, 5.74) is 2.07. The van der Waals surface area contributed by atoms with E-state index in [1.807, 2.05) is 7.05 Å². The fraction of sp³-hybridized carbons (Fsp3) is 0.571. The van der Waals surface area contributed by atoms with Gasteiger partial charge in [-0.05, 0) is 24.5 Å². The number of anilines is 1. The number of nitrogens with one attached hydrogen (secondary N) is 2. The molecule has 104 valence electrons. The van der Waals surface area contributed by atoms with E-state index in [2.05, 4.69) is 10.6 Å². The zero-order valence-corrected chi connectivity index (χ0v) is 11.3. The van der Waals surface area contributed by atoms with Crippen molar-refractivity contribution in [3.8, 4) is 0 Å². The molecule has 1 aliphatic rings. The number of rotatable bonds is 5. The topological polar surface area (TPSA) is 67.2 Å². The number of hydrogen-bond acceptors (Lipinski definition) is 4. The third-order valence-electron chi connectivity index (χ3n) is 3.76. The van der Waals surface area contributed by atoms with Crippen LogP contribution in [0.15, 0.2) is 18.2 Å². The van der Waals surface area contributed by atoms with Gasteiger partial charge in [0, 0.05) is 37.5 Å². The summed E-state index contributed by atoms with van der Waals surface area (Å²) in [6, 6.07) is 5.52. The van der Waals surface area contributed by atoms with E-state index in [0.717, 1.165) is 11.3 Å². The van der Waals surface area contributed by atoms with E-state index in [1.54, 1.807) is 12.1 Å². The van der Waals surface area contributed by atoms with Gasteiger partial charge in [0.05, 0.1) is 4.92 Å². The molecule has 1 aromatic carbocycles. The molecule has 0 radical (unpaired) electrons. The maximum absolute atomic E-state index is 10.8. The Morgan fingerprint density at radius 3 is 2.68 bits per heavy atom. The van der Waals surface area contributed by atoms with Gasteiger partial charge in [-0.3, -0.25) is 10.1 Å². The van der Waals surface area contributed by atoms with Crippen molar-refractivity contribution in [3.05, 3.63) is 33.9 Å². The molecule has 5 heteroatoms. The number of hydrogen-bond donors (Lipinski definition) is 2. The largest absolute Gasteiger partial charge is 0.388 e. The molecule has 0 amide bonds. The molecule has 5 nitrogen and oxygen atoms in total. The van der Waals surface area contributed by atoms with E-state index < -0.39 is 0 Å². The summed E-state index contributed by atoms with van der Waals surface area (Å²) in [6.45, 7) is 0.683. The summed E-state index contributed by atoms with van der Waals surface area (Å²) in [7, 11) is 1.84. The van der Waals surface area contributed by atoms with Gasteiger partial charge in [0.1, 0.15) is 0 Å². The van der Waals surface area contributed by atoms with Crippen molar-refractivity contribution < 1.29 is 4.92 Å². The molecule has 0 heterocycles. The standard InChI is InChI=1S/C14H21N3O2/c1-15-14-8-7-13(17(18)19)9-11(14)10-16-12-5-3-2-4-6-12/h7-9,12,15-16H,2-6,10H2,1H3. The molecule has 2 rings (SSSR count). The molecule has 0 unspecified atom stereocenters. The molecule has 0 bridgehead atoms. The zero-order valence-electron chi connectivity index (χ0n) is 11.3. The Morgan fingerprint density at radius 1 is 1.32 bits per heavy atom. The molecule has 0 atom stereocenters. The quantitative estimate of drug-likeness (QED) is 0.633. The van der Waals surface area contributed by atoms with Crippen LogP contribution in [-0.2, 0) is 6.54 Å². The Balaban J connectivity index is 2.04. The minimum absolute atomic E-state index is 0.152. The second-order valence-corrected chi connectivity index (χ2v) is 5.06. The molecule has 0 spiro atoms. The summed E-state index contributed by atoms with van der Waals surface area (Å²) in [4.78, 5) is 10.5. The first-order chi connectivity index (χ1) is 9.20. The van der Waals surface area contributed by atoms with Crippen molar-refractivity contribution in [1.82, 2.24) is 5.32 Å². The highest BCUT2D eigenvalue weighted by atomic mass is 16.6. The minimum atomic E-state index is -0.344. The van der Waals surface area contributed by atoms with Crippen molar-refractivity contribution in [2.45, 2.75) is 44.7 Å². The van der Waals surface area contributed by atoms with E-state index in [1.165, 1.54) is 38.2 Å². The molecule has 0 saturated heterocycles. The first-order valence-electron chi connectivity index (χ1n) is 6.89. The van der Waals surface area contributed by atoms with Crippen LogP contribution in [0.3, 0.4) is 0 Å². The van der Waals surface area contributed by atoms with Crippen LogP contribution >= 0.6 is 0 Å². The normalized spacial score (nSPS) is 16.3. The van der Waals surface area contributed by atoms with Gasteiger partial charge < -0.3 is 10.6 Å². The Labute approximate surface area is 113 Å². The van der Waals surface area contributed by atoms with Crippen LogP contribution < -0.4 is 10.6 Å². The van der Waals surface area contributed by atoms with Crippen molar-refractivity contribution in [2.75, 3.05) is 12.4 Å². The maximum atomic E-state index is 10.8. The van der Waals surface area contributed by atoms with Gasteiger partial charge >= 0.3 is 0 Å². The van der Waals surface area contributed by atoms with Gasteiger partial charge in [0.15, 0.2) is 0 Å². The minimum Gasteiger partial charge on any atom is -0.388 e. The predicted octanol–water partition coefficient (Wildman–Crippen LogP) is 3.06. The van der Waals surface area contributed by atoms with Gasteiger partial charge in [0.25, 0.3) is 5.69 Å². The predicted molar refractivity (Wildman–Crippen MR) is 76.4 cm³/mol. The van der Waals surface area contributed by atoms with E-state index in [0.29, 0.717) is 12.6 Å². The average Bonchev–Trinajstić information content (AvgIpc) is 2.45. The number of benzene rings is 1. The lowest BCUT2D eigenvalue weighted by molar-refractivity contribution is -0.384. The SMILES string of the molecule is CNc1ccc([N+](=O)[O-])cc1CNC1CCCCC1. The van der Waals surface area contributed by atoms with Gasteiger partial charge in [-0.2, -0.15) is 0 Å². The van der Waals surface area contributed by atoms with Crippen LogP contribution in [-0.4, -0.2) is 18.0 Å². The summed E-state index contributed by atoms with van der Waals surface area (Å²) >= 11 is 0. The highest BCUT2D eigenvalue weighted by molar-refractivity contribution is 5.55. The third kappa shape index (κ3) is 3.67. The van der Waals surface area contributed by atoms with Crippen LogP contribution in [0.1, 0.15) is 37.7 Å². The second kappa shape index (κ2) is 6.52. The molecule has 19 heavy (non-hydrogen) atoms. The van der Waals surface area contributed by atoms with E-state index in [9.17, 15) is 10.1 Å². The summed E-state index contributed by atoms with van der Waals surface area (Å²) in [5.74, 6) is 0. The fourth-order valence-electron chi connectivity index (χ4n) is 2.64. The average molecular weight is 263 g/mol. The number of nitro benzene ring substituents is 1. The fourth-order valence-corrected chi connectivity index (χ4v) is 2.64. The Morgan fingerprint density at radius 2 is 2.05 bits per heavy atom. The second-order valence-electron chi connectivity index (χ2n) is 5.06. The molecular formula is C14H21N3O2. The lowest BCUT2D eigenvalue weighted by Gasteiger charge is -2.23. The van der Waals surface area contributed by atoms with Gasteiger partial charge in [0.2, 0.25) is 0 Å². The van der Waals surface area contributed by atoms with Crippen LogP contribution in [0.25, 0.3) is 0 Å². The summed E-state index contributed by atoms with van der Waals surface area (Å²) in [5, 5.41) is 17.4. The van der Waals surface area contributed by atoms with Crippen LogP contribution in [0, 0.1) is 10.1 Å². The first-order valence-corrected chi connectivity index (χ1v) is 6.89. The highest BCUT2D eigenvalue weighted by Gasteiger charge is 2.14. The van der Waals surface area contributed by atoms with E-state index in [-0.39, 0.29) is 10.6 Å².